The molecule has 2 aromatic carbocycles. The van der Waals surface area contributed by atoms with Crippen molar-refractivity contribution in [1.29, 1.82) is 0 Å². The van der Waals surface area contributed by atoms with Gasteiger partial charge in [-0.2, -0.15) is 0 Å². The Bertz CT molecular complexity index is 880. The Hall–Kier alpha value is -2.62. The summed E-state index contributed by atoms with van der Waals surface area (Å²) >= 11 is 0. The summed E-state index contributed by atoms with van der Waals surface area (Å²) in [6, 6.07) is 13.8. The van der Waals surface area contributed by atoms with Crippen molar-refractivity contribution in [3.63, 3.8) is 0 Å². The van der Waals surface area contributed by atoms with Gasteiger partial charge in [-0.15, -0.1) is 0 Å². The van der Waals surface area contributed by atoms with E-state index in [2.05, 4.69) is 5.32 Å². The van der Waals surface area contributed by atoms with E-state index in [0.29, 0.717) is 23.7 Å². The highest BCUT2D eigenvalue weighted by molar-refractivity contribution is 6.07. The van der Waals surface area contributed by atoms with Gasteiger partial charge in [-0.25, -0.2) is 0 Å². The van der Waals surface area contributed by atoms with Crippen LogP contribution in [0.25, 0.3) is 0 Å². The lowest BCUT2D eigenvalue weighted by molar-refractivity contribution is 0.0932. The Labute approximate surface area is 173 Å². The summed E-state index contributed by atoms with van der Waals surface area (Å²) in [7, 11) is 0. The van der Waals surface area contributed by atoms with E-state index in [1.807, 2.05) is 54.3 Å². The second kappa shape index (κ2) is 8.81. The Balaban J connectivity index is 1.51. The minimum Gasteiger partial charge on any atom is -0.349 e. The van der Waals surface area contributed by atoms with Crippen LogP contribution in [0.15, 0.2) is 42.5 Å². The fourth-order valence-corrected chi connectivity index (χ4v) is 4.49. The fraction of sp³-hybridized carbons (Fsp3) is 0.440. The van der Waals surface area contributed by atoms with Crippen LogP contribution in [0.3, 0.4) is 0 Å². The van der Waals surface area contributed by atoms with E-state index in [-0.39, 0.29) is 11.8 Å². The average molecular weight is 391 g/mol. The third kappa shape index (κ3) is 4.52. The number of anilines is 1. The summed E-state index contributed by atoms with van der Waals surface area (Å²) in [6.45, 7) is 2.74. The average Bonchev–Trinajstić information content (AvgIpc) is 3.01. The number of hydrogen-bond donors (Lipinski definition) is 1. The van der Waals surface area contributed by atoms with Crippen molar-refractivity contribution in [3.8, 4) is 0 Å². The first kappa shape index (κ1) is 19.7. The molecule has 1 saturated carbocycles. The monoisotopic (exact) mass is 390 g/mol. The van der Waals surface area contributed by atoms with Crippen molar-refractivity contribution < 1.29 is 9.59 Å². The van der Waals surface area contributed by atoms with Crippen LogP contribution >= 0.6 is 0 Å². The highest BCUT2D eigenvalue weighted by Crippen LogP contribution is 2.30. The summed E-state index contributed by atoms with van der Waals surface area (Å²) < 4.78 is 0. The maximum absolute atomic E-state index is 13.0. The molecule has 1 heterocycles. The zero-order valence-corrected chi connectivity index (χ0v) is 17.2. The molecule has 1 aliphatic heterocycles. The molecule has 0 aromatic heterocycles. The number of amides is 2. The molecule has 4 rings (SSSR count). The molecule has 2 aliphatic rings. The predicted octanol–water partition coefficient (Wildman–Crippen LogP) is 5.04. The molecule has 2 aromatic rings. The van der Waals surface area contributed by atoms with Gasteiger partial charge >= 0.3 is 0 Å². The first-order chi connectivity index (χ1) is 14.1. The van der Waals surface area contributed by atoms with Crippen molar-refractivity contribution in [3.05, 3.63) is 64.7 Å². The standard InChI is InChI=1S/C25H30N2O2/c1-18-10-12-19(13-11-18)25(29)27-16-6-7-20-17-21(14-15-23(20)27)24(28)26-22-8-4-2-3-5-9-22/h10-15,17,22H,2-9,16H2,1H3,(H,26,28). The van der Waals surface area contributed by atoms with Crippen molar-refractivity contribution in [2.45, 2.75) is 64.3 Å². The lowest BCUT2D eigenvalue weighted by Gasteiger charge is -2.30. The van der Waals surface area contributed by atoms with Crippen molar-refractivity contribution in [2.24, 2.45) is 0 Å². The highest BCUT2D eigenvalue weighted by atomic mass is 16.2. The van der Waals surface area contributed by atoms with Crippen molar-refractivity contribution in [2.75, 3.05) is 11.4 Å². The third-order valence-electron chi connectivity index (χ3n) is 6.19. The third-order valence-corrected chi connectivity index (χ3v) is 6.19. The molecule has 0 spiro atoms. The molecule has 4 nitrogen and oxygen atoms in total. The Morgan fingerprint density at radius 3 is 2.31 bits per heavy atom. The van der Waals surface area contributed by atoms with E-state index in [0.717, 1.165) is 42.5 Å². The molecule has 0 bridgehead atoms. The van der Waals surface area contributed by atoms with Gasteiger partial charge in [0.05, 0.1) is 0 Å². The summed E-state index contributed by atoms with van der Waals surface area (Å²) in [5.74, 6) is 0.0447. The highest BCUT2D eigenvalue weighted by Gasteiger charge is 2.25. The molecule has 0 atom stereocenters. The fourth-order valence-electron chi connectivity index (χ4n) is 4.49. The van der Waals surface area contributed by atoms with E-state index in [9.17, 15) is 9.59 Å². The minimum atomic E-state index is 0.0154. The summed E-state index contributed by atoms with van der Waals surface area (Å²) in [5, 5.41) is 3.23. The number of carbonyl (C=O) groups excluding carboxylic acids is 2. The summed E-state index contributed by atoms with van der Waals surface area (Å²) in [6.07, 6.45) is 8.92. The van der Waals surface area contributed by atoms with Gasteiger partial charge in [0.1, 0.15) is 0 Å². The SMILES string of the molecule is Cc1ccc(C(=O)N2CCCc3cc(C(=O)NC4CCCCCC4)ccc32)cc1. The van der Waals surface area contributed by atoms with Gasteiger partial charge in [0, 0.05) is 29.4 Å². The molecule has 0 saturated heterocycles. The Morgan fingerprint density at radius 2 is 1.59 bits per heavy atom. The quantitative estimate of drug-likeness (QED) is 0.747. The van der Waals surface area contributed by atoms with Gasteiger partial charge in [-0.3, -0.25) is 9.59 Å². The first-order valence-electron chi connectivity index (χ1n) is 10.9. The number of rotatable bonds is 3. The molecule has 1 N–H and O–H groups in total. The van der Waals surface area contributed by atoms with Crippen molar-refractivity contribution in [1.82, 2.24) is 5.32 Å². The number of hydrogen-bond acceptors (Lipinski definition) is 2. The number of fused-ring (bicyclic) bond motifs is 1. The van der Waals surface area contributed by atoms with Crippen LogP contribution in [-0.4, -0.2) is 24.4 Å². The molecule has 2 amide bonds. The molecular weight excluding hydrogens is 360 g/mol. The van der Waals surface area contributed by atoms with Crippen LogP contribution in [0.1, 0.15) is 76.8 Å². The maximum Gasteiger partial charge on any atom is 0.258 e. The van der Waals surface area contributed by atoms with Crippen LogP contribution in [0, 0.1) is 6.92 Å². The molecule has 1 aliphatic carbocycles. The van der Waals surface area contributed by atoms with Crippen molar-refractivity contribution >= 4 is 17.5 Å². The van der Waals surface area contributed by atoms with Gasteiger partial charge in [0.15, 0.2) is 0 Å². The molecule has 4 heteroatoms. The number of aryl methyl sites for hydroxylation is 2. The van der Waals surface area contributed by atoms with Crippen LogP contribution in [0.5, 0.6) is 0 Å². The van der Waals surface area contributed by atoms with Crippen LogP contribution in [-0.2, 0) is 6.42 Å². The van der Waals surface area contributed by atoms with E-state index >= 15 is 0 Å². The lowest BCUT2D eigenvalue weighted by atomic mass is 9.97. The number of nitrogens with zero attached hydrogens (tertiary/aromatic N) is 1. The molecule has 1 fully saturated rings. The van der Waals surface area contributed by atoms with Gasteiger partial charge < -0.3 is 10.2 Å². The van der Waals surface area contributed by atoms with Crippen LogP contribution in [0.2, 0.25) is 0 Å². The summed E-state index contributed by atoms with van der Waals surface area (Å²) in [5.41, 5.74) is 4.58. The van der Waals surface area contributed by atoms with Gasteiger partial charge in [0.25, 0.3) is 11.8 Å². The second-order valence-electron chi connectivity index (χ2n) is 8.43. The number of carbonyl (C=O) groups is 2. The lowest BCUT2D eigenvalue weighted by Crippen LogP contribution is -2.36. The molecular formula is C25H30N2O2. The predicted molar refractivity (Wildman–Crippen MR) is 117 cm³/mol. The topological polar surface area (TPSA) is 49.4 Å². The van der Waals surface area contributed by atoms with E-state index in [4.69, 9.17) is 0 Å². The molecule has 0 radical (unpaired) electrons. The maximum atomic E-state index is 13.0. The van der Waals surface area contributed by atoms with E-state index in [1.165, 1.54) is 25.7 Å². The van der Waals surface area contributed by atoms with Gasteiger partial charge in [-0.05, 0) is 68.5 Å². The Kier molecular flexibility index (Phi) is 5.98. The Morgan fingerprint density at radius 1 is 0.897 bits per heavy atom. The number of nitrogens with one attached hydrogen (secondary N) is 1. The molecule has 0 unspecified atom stereocenters. The molecule has 29 heavy (non-hydrogen) atoms. The van der Waals surface area contributed by atoms with E-state index < -0.39 is 0 Å². The minimum absolute atomic E-state index is 0.0154. The zero-order valence-electron chi connectivity index (χ0n) is 17.2. The smallest absolute Gasteiger partial charge is 0.258 e. The zero-order chi connectivity index (χ0) is 20.2. The first-order valence-corrected chi connectivity index (χ1v) is 10.9. The second-order valence-corrected chi connectivity index (χ2v) is 8.43. The normalized spacial score (nSPS) is 17.3. The van der Waals surface area contributed by atoms with Crippen LogP contribution < -0.4 is 10.2 Å². The summed E-state index contributed by atoms with van der Waals surface area (Å²) in [4.78, 5) is 27.7. The van der Waals surface area contributed by atoms with Crippen LogP contribution in [0.4, 0.5) is 5.69 Å². The molecule has 152 valence electrons. The van der Waals surface area contributed by atoms with Gasteiger partial charge in [-0.1, -0.05) is 43.4 Å². The van der Waals surface area contributed by atoms with Gasteiger partial charge in [0.2, 0.25) is 0 Å². The number of benzene rings is 2. The largest absolute Gasteiger partial charge is 0.349 e. The van der Waals surface area contributed by atoms with E-state index in [1.54, 1.807) is 0 Å².